The van der Waals surface area contributed by atoms with Gasteiger partial charge in [-0.2, -0.15) is 0 Å². The summed E-state index contributed by atoms with van der Waals surface area (Å²) in [5.74, 6) is -0.296. The van der Waals surface area contributed by atoms with Crippen molar-refractivity contribution >= 4 is 34.2 Å². The molecule has 3 rings (SSSR count). The summed E-state index contributed by atoms with van der Waals surface area (Å²) in [4.78, 5) is 13.2. The van der Waals surface area contributed by atoms with Crippen LogP contribution in [-0.2, 0) is 4.74 Å². The van der Waals surface area contributed by atoms with E-state index in [1.807, 2.05) is 47.1 Å². The van der Waals surface area contributed by atoms with Gasteiger partial charge in [-0.3, -0.25) is 0 Å². The second kappa shape index (κ2) is 4.63. The van der Waals surface area contributed by atoms with Gasteiger partial charge in [-0.15, -0.1) is 11.8 Å². The van der Waals surface area contributed by atoms with Gasteiger partial charge in [0.2, 0.25) is 0 Å². The first-order valence-corrected chi connectivity index (χ1v) is 7.14. The maximum atomic E-state index is 12.0. The molecule has 4 heteroatoms. The largest absolute Gasteiger partial charge is 0.465 e. The van der Waals surface area contributed by atoms with Gasteiger partial charge in [-0.25, -0.2) is 4.79 Å². The summed E-state index contributed by atoms with van der Waals surface area (Å²) >= 11 is 1.68. The van der Waals surface area contributed by atoms with E-state index in [1.165, 1.54) is 7.11 Å². The van der Waals surface area contributed by atoms with Crippen molar-refractivity contribution in [3.63, 3.8) is 0 Å². The zero-order chi connectivity index (χ0) is 13.4. The van der Waals surface area contributed by atoms with Crippen molar-refractivity contribution in [1.29, 1.82) is 0 Å². The van der Waals surface area contributed by atoms with Gasteiger partial charge in [-0.05, 0) is 24.5 Å². The topological polar surface area (TPSA) is 30.7 Å². The van der Waals surface area contributed by atoms with E-state index in [4.69, 9.17) is 4.74 Å². The molecule has 2 heterocycles. The van der Waals surface area contributed by atoms with E-state index in [0.29, 0.717) is 5.56 Å². The predicted octanol–water partition coefficient (Wildman–Crippen LogP) is 3.60. The molecule has 1 aromatic carbocycles. The molecule has 0 bridgehead atoms. The van der Waals surface area contributed by atoms with E-state index in [-0.39, 0.29) is 5.97 Å². The summed E-state index contributed by atoms with van der Waals surface area (Å²) in [5.41, 5.74) is 2.53. The van der Waals surface area contributed by atoms with Crippen molar-refractivity contribution in [3.8, 4) is 0 Å². The Morgan fingerprint density at radius 2 is 1.95 bits per heavy atom. The molecule has 0 atom stereocenters. The molecule has 19 heavy (non-hydrogen) atoms. The second-order valence-electron chi connectivity index (χ2n) is 4.21. The van der Waals surface area contributed by atoms with Gasteiger partial charge in [0, 0.05) is 16.5 Å². The summed E-state index contributed by atoms with van der Waals surface area (Å²) < 4.78 is 6.96. The van der Waals surface area contributed by atoms with Crippen molar-refractivity contribution in [2.24, 2.45) is 0 Å². The molecule has 0 spiro atoms. The highest BCUT2D eigenvalue weighted by atomic mass is 32.2. The quantitative estimate of drug-likeness (QED) is 0.527. The fourth-order valence-corrected chi connectivity index (χ4v) is 2.77. The highest BCUT2D eigenvalue weighted by Crippen LogP contribution is 2.29. The monoisotopic (exact) mass is 271 g/mol. The predicted molar refractivity (Wildman–Crippen MR) is 78.0 cm³/mol. The molecule has 2 aromatic heterocycles. The zero-order valence-electron chi connectivity index (χ0n) is 10.7. The number of esters is 1. The van der Waals surface area contributed by atoms with Crippen LogP contribution in [0, 0.1) is 0 Å². The highest BCUT2D eigenvalue weighted by molar-refractivity contribution is 7.98. The lowest BCUT2D eigenvalue weighted by molar-refractivity contribution is 0.0605. The van der Waals surface area contributed by atoms with E-state index >= 15 is 0 Å². The summed E-state index contributed by atoms with van der Waals surface area (Å²) in [5, 5.41) is 0.924. The highest BCUT2D eigenvalue weighted by Gasteiger charge is 2.18. The van der Waals surface area contributed by atoms with Crippen LogP contribution in [0.1, 0.15) is 10.4 Å². The number of ether oxygens (including phenoxy) is 1. The average Bonchev–Trinajstić information content (AvgIpc) is 2.80. The van der Waals surface area contributed by atoms with Crippen LogP contribution >= 0.6 is 11.8 Å². The molecule has 0 amide bonds. The summed E-state index contributed by atoms with van der Waals surface area (Å²) in [7, 11) is 1.41. The number of hydrogen-bond acceptors (Lipinski definition) is 3. The first-order valence-electron chi connectivity index (χ1n) is 5.91. The number of nitrogens with zero attached hydrogens (tertiary/aromatic N) is 1. The average molecular weight is 271 g/mol. The number of benzene rings is 1. The molecule has 96 valence electrons. The lowest BCUT2D eigenvalue weighted by atomic mass is 10.1. The number of carbonyl (C=O) groups is 1. The SMILES string of the molecule is COC(=O)c1c2ccccc2n2cc(SC)ccc12. The molecule has 0 saturated heterocycles. The van der Waals surface area contributed by atoms with Crippen molar-refractivity contribution in [1.82, 2.24) is 4.40 Å². The van der Waals surface area contributed by atoms with E-state index in [2.05, 4.69) is 6.20 Å². The molecule has 0 aliphatic rings. The molecule has 0 saturated carbocycles. The van der Waals surface area contributed by atoms with Crippen LogP contribution < -0.4 is 0 Å². The minimum atomic E-state index is -0.296. The van der Waals surface area contributed by atoms with E-state index in [1.54, 1.807) is 11.8 Å². The third-order valence-corrected chi connectivity index (χ3v) is 3.95. The smallest absolute Gasteiger partial charge is 0.340 e. The fraction of sp³-hybridized carbons (Fsp3) is 0.133. The molecule has 0 N–H and O–H groups in total. The third-order valence-electron chi connectivity index (χ3n) is 3.24. The van der Waals surface area contributed by atoms with Crippen molar-refractivity contribution < 1.29 is 9.53 Å². The maximum absolute atomic E-state index is 12.0. The summed E-state index contributed by atoms with van der Waals surface area (Å²) in [6, 6.07) is 11.9. The Morgan fingerprint density at radius 1 is 1.16 bits per heavy atom. The minimum Gasteiger partial charge on any atom is -0.465 e. The first kappa shape index (κ1) is 12.1. The number of methoxy groups -OCH3 is 1. The van der Waals surface area contributed by atoms with Crippen LogP contribution in [0.3, 0.4) is 0 Å². The number of pyridine rings is 1. The van der Waals surface area contributed by atoms with E-state index in [9.17, 15) is 4.79 Å². The number of rotatable bonds is 2. The van der Waals surface area contributed by atoms with Gasteiger partial charge >= 0.3 is 5.97 Å². The fourth-order valence-electron chi connectivity index (χ4n) is 2.35. The van der Waals surface area contributed by atoms with Gasteiger partial charge in [0.25, 0.3) is 0 Å². The van der Waals surface area contributed by atoms with E-state index < -0.39 is 0 Å². The zero-order valence-corrected chi connectivity index (χ0v) is 11.5. The third kappa shape index (κ3) is 1.79. The summed E-state index contributed by atoms with van der Waals surface area (Å²) in [6.45, 7) is 0. The molecule has 0 radical (unpaired) electrons. The Balaban J connectivity index is 2.47. The standard InChI is InChI=1S/C15H13NO2S/c1-18-15(17)14-11-5-3-4-6-12(11)16-9-10(19-2)7-8-13(14)16/h3-9H,1-2H3. The Hall–Kier alpha value is -1.94. The lowest BCUT2D eigenvalue weighted by Crippen LogP contribution is -2.00. The Morgan fingerprint density at radius 3 is 2.68 bits per heavy atom. The van der Waals surface area contributed by atoms with Gasteiger partial charge < -0.3 is 9.14 Å². The Kier molecular flexibility index (Phi) is 2.95. The minimum absolute atomic E-state index is 0.296. The molecule has 0 fully saturated rings. The molecule has 0 aliphatic carbocycles. The number of thioether (sulfide) groups is 1. The number of fused-ring (bicyclic) bond motifs is 3. The maximum Gasteiger partial charge on any atom is 0.340 e. The Labute approximate surface area is 115 Å². The van der Waals surface area contributed by atoms with Crippen LogP contribution in [0.15, 0.2) is 47.5 Å². The molecule has 0 unspecified atom stereocenters. The molecular weight excluding hydrogens is 258 g/mol. The number of hydrogen-bond donors (Lipinski definition) is 0. The number of aromatic nitrogens is 1. The van der Waals surface area contributed by atoms with Crippen LogP contribution in [-0.4, -0.2) is 23.7 Å². The summed E-state index contributed by atoms with van der Waals surface area (Å²) in [6.07, 6.45) is 4.09. The molecule has 0 aliphatic heterocycles. The van der Waals surface area contributed by atoms with Crippen molar-refractivity contribution in [2.75, 3.05) is 13.4 Å². The van der Waals surface area contributed by atoms with Gasteiger partial charge in [0.05, 0.1) is 23.7 Å². The van der Waals surface area contributed by atoms with Crippen LogP contribution in [0.2, 0.25) is 0 Å². The van der Waals surface area contributed by atoms with E-state index in [0.717, 1.165) is 21.3 Å². The second-order valence-corrected chi connectivity index (χ2v) is 5.09. The molecule has 3 nitrogen and oxygen atoms in total. The Bertz CT molecular complexity index is 776. The van der Waals surface area contributed by atoms with Gasteiger partial charge in [0.1, 0.15) is 0 Å². The van der Waals surface area contributed by atoms with Crippen LogP contribution in [0.4, 0.5) is 0 Å². The van der Waals surface area contributed by atoms with Gasteiger partial charge in [0.15, 0.2) is 0 Å². The van der Waals surface area contributed by atoms with Crippen LogP contribution in [0.5, 0.6) is 0 Å². The molecular formula is C15H13NO2S. The van der Waals surface area contributed by atoms with Crippen molar-refractivity contribution in [3.05, 3.63) is 48.2 Å². The first-order chi connectivity index (χ1) is 9.26. The normalized spacial score (nSPS) is 11.1. The number of para-hydroxylation sites is 1. The number of carbonyl (C=O) groups excluding carboxylic acids is 1. The van der Waals surface area contributed by atoms with Crippen molar-refractivity contribution in [2.45, 2.75) is 4.90 Å². The molecule has 3 aromatic rings. The lowest BCUT2D eigenvalue weighted by Gasteiger charge is -2.01. The van der Waals surface area contributed by atoms with Gasteiger partial charge in [-0.1, -0.05) is 18.2 Å². The van der Waals surface area contributed by atoms with Crippen LogP contribution in [0.25, 0.3) is 16.4 Å².